The maximum atomic E-state index is 14.2. The monoisotopic (exact) mass is 608 g/mol. The van der Waals surface area contributed by atoms with Gasteiger partial charge in [-0.25, -0.2) is 13.7 Å². The van der Waals surface area contributed by atoms with Crippen LogP contribution in [-0.4, -0.2) is 74.6 Å². The molecule has 9 heteroatoms. The van der Waals surface area contributed by atoms with Crippen molar-refractivity contribution >= 4 is 11.8 Å². The van der Waals surface area contributed by atoms with Crippen LogP contribution in [0.3, 0.4) is 0 Å². The van der Waals surface area contributed by atoms with Crippen LogP contribution < -0.4 is 5.32 Å². The minimum atomic E-state index is -2.66. The lowest BCUT2D eigenvalue weighted by Crippen LogP contribution is -2.61. The van der Waals surface area contributed by atoms with E-state index in [0.717, 1.165) is 36.9 Å². The molecule has 3 unspecified atom stereocenters. The van der Waals surface area contributed by atoms with Gasteiger partial charge in [0.05, 0.1) is 6.04 Å². The first-order chi connectivity index (χ1) is 21.2. The fourth-order valence-corrected chi connectivity index (χ4v) is 8.36. The number of aliphatic hydroxyl groups is 1. The Balaban J connectivity index is 1.15. The quantitative estimate of drug-likeness (QED) is 0.375. The predicted molar refractivity (Wildman–Crippen MR) is 164 cm³/mol. The molecule has 2 bridgehead atoms. The average molecular weight is 609 g/mol. The van der Waals surface area contributed by atoms with Gasteiger partial charge in [-0.05, 0) is 62.5 Å². The summed E-state index contributed by atoms with van der Waals surface area (Å²) in [5, 5.41) is 14.7. The largest absolute Gasteiger partial charge is 0.361 e. The van der Waals surface area contributed by atoms with Gasteiger partial charge in [-0.15, -0.1) is 0 Å². The first-order valence-electron chi connectivity index (χ1n) is 16.5. The van der Waals surface area contributed by atoms with Crippen molar-refractivity contribution in [2.75, 3.05) is 13.1 Å². The van der Waals surface area contributed by atoms with Gasteiger partial charge in [-0.1, -0.05) is 67.6 Å². The second kappa shape index (κ2) is 12.9. The number of benzene rings is 2. The van der Waals surface area contributed by atoms with Gasteiger partial charge in [-0.3, -0.25) is 19.4 Å². The van der Waals surface area contributed by atoms with Gasteiger partial charge < -0.3 is 10.4 Å². The molecule has 0 radical (unpaired) electrons. The van der Waals surface area contributed by atoms with Crippen molar-refractivity contribution in [2.45, 2.75) is 114 Å². The number of amides is 2. The van der Waals surface area contributed by atoms with E-state index in [1.54, 1.807) is 4.90 Å². The molecule has 2 N–H and O–H groups in total. The Morgan fingerprint density at radius 3 is 2.18 bits per heavy atom. The van der Waals surface area contributed by atoms with Gasteiger partial charge in [0, 0.05) is 50.5 Å². The van der Waals surface area contributed by atoms with E-state index in [2.05, 4.69) is 22.0 Å². The van der Waals surface area contributed by atoms with Crippen LogP contribution in [-0.2, 0) is 16.1 Å². The number of aliphatic hydroxyl groups excluding tert-OH is 1. The van der Waals surface area contributed by atoms with Gasteiger partial charge >= 0.3 is 0 Å². The number of alkyl halides is 2. The van der Waals surface area contributed by atoms with E-state index in [-0.39, 0.29) is 61.5 Å². The summed E-state index contributed by atoms with van der Waals surface area (Å²) >= 11 is 0. The second-order valence-electron chi connectivity index (χ2n) is 13.4. The molecule has 1 saturated carbocycles. The van der Waals surface area contributed by atoms with Crippen LogP contribution in [0, 0.1) is 5.92 Å². The van der Waals surface area contributed by atoms with Crippen LogP contribution >= 0.6 is 0 Å². The van der Waals surface area contributed by atoms with Gasteiger partial charge in [-0.2, -0.15) is 0 Å². The number of nitrogens with one attached hydrogen (secondary N) is 1. The molecule has 2 amide bonds. The third kappa shape index (κ3) is 6.15. The predicted octanol–water partition coefficient (Wildman–Crippen LogP) is 5.46. The van der Waals surface area contributed by atoms with Crippen LogP contribution in [0.5, 0.6) is 0 Å². The molecule has 2 aromatic rings. The van der Waals surface area contributed by atoms with E-state index in [4.69, 9.17) is 0 Å². The summed E-state index contributed by atoms with van der Waals surface area (Å²) in [6.45, 7) is 3.91. The summed E-state index contributed by atoms with van der Waals surface area (Å²) in [5.41, 5.74) is 1.31. The summed E-state index contributed by atoms with van der Waals surface area (Å²) in [4.78, 5) is 33.7. The Morgan fingerprint density at radius 2 is 1.57 bits per heavy atom. The highest BCUT2D eigenvalue weighted by Gasteiger charge is 2.62. The third-order valence-corrected chi connectivity index (χ3v) is 10.6. The molecular formula is C35H46F2N4O3. The first kappa shape index (κ1) is 31.1. The number of hydrogen-bond acceptors (Lipinski definition) is 5. The lowest BCUT2D eigenvalue weighted by atomic mass is 9.81. The number of piperidine rings is 1. The molecule has 3 aliphatic heterocycles. The summed E-state index contributed by atoms with van der Waals surface area (Å²) in [7, 11) is 0. The first-order valence-corrected chi connectivity index (χ1v) is 16.5. The molecule has 238 valence electrons. The molecule has 4 atom stereocenters. The molecule has 4 aliphatic rings. The Hall–Kier alpha value is -2.88. The highest BCUT2D eigenvalue weighted by Crippen LogP contribution is 2.48. The average Bonchev–Trinajstić information content (AvgIpc) is 3.37. The number of carbonyl (C=O) groups excluding carboxylic acids is 2. The molecule has 7 nitrogen and oxygen atoms in total. The Labute approximate surface area is 259 Å². The summed E-state index contributed by atoms with van der Waals surface area (Å²) in [5.74, 6) is -3.14. The fourth-order valence-electron chi connectivity index (χ4n) is 8.36. The standard InChI is InChI=1S/C35H46F2N4O3/c1-2-20-41-33(44)40(24-25-9-5-3-6-10-25)32(43)34(41)22-28-13-14-29(23-34)39(28)21-17-30(26-11-7-4-8-12-26)38-31(42)27-15-18-35(36,37)19-16-27/h3-12,27-30,33,44H,2,13-24H2,1H3,(H,38,42)/t28?,29?,30-,33?,34?/m0/s1. The number of carbonyl (C=O) groups is 2. The Bertz CT molecular complexity index is 1270. The van der Waals surface area contributed by atoms with Crippen molar-refractivity contribution in [3.8, 4) is 0 Å². The normalized spacial score (nSPS) is 29.8. The minimum absolute atomic E-state index is 0.0336. The highest BCUT2D eigenvalue weighted by molar-refractivity contribution is 5.89. The Kier molecular flexibility index (Phi) is 9.09. The molecule has 4 fully saturated rings. The van der Waals surface area contributed by atoms with Crippen molar-refractivity contribution < 1.29 is 23.5 Å². The van der Waals surface area contributed by atoms with E-state index in [9.17, 15) is 23.5 Å². The molecule has 3 heterocycles. The number of nitrogens with zero attached hydrogens (tertiary/aromatic N) is 3. The minimum Gasteiger partial charge on any atom is -0.361 e. The molecule has 2 aromatic carbocycles. The number of fused-ring (bicyclic) bond motifs is 2. The van der Waals surface area contributed by atoms with Crippen LogP contribution in [0.15, 0.2) is 60.7 Å². The lowest BCUT2D eigenvalue weighted by molar-refractivity contribution is -0.139. The molecule has 6 rings (SSSR count). The summed E-state index contributed by atoms with van der Waals surface area (Å²) < 4.78 is 27.5. The van der Waals surface area contributed by atoms with Crippen molar-refractivity contribution in [3.63, 3.8) is 0 Å². The van der Waals surface area contributed by atoms with Gasteiger partial charge in [0.2, 0.25) is 17.7 Å². The zero-order valence-electron chi connectivity index (χ0n) is 25.7. The Morgan fingerprint density at radius 1 is 0.955 bits per heavy atom. The van der Waals surface area contributed by atoms with E-state index >= 15 is 0 Å². The van der Waals surface area contributed by atoms with Crippen LogP contribution in [0.4, 0.5) is 8.78 Å². The number of halogens is 2. The zero-order valence-corrected chi connectivity index (χ0v) is 25.7. The smallest absolute Gasteiger partial charge is 0.248 e. The summed E-state index contributed by atoms with van der Waals surface area (Å²) in [6, 6.07) is 20.0. The van der Waals surface area contributed by atoms with Crippen molar-refractivity contribution in [1.82, 2.24) is 20.0 Å². The maximum absolute atomic E-state index is 14.2. The van der Waals surface area contributed by atoms with Crippen LogP contribution in [0.2, 0.25) is 0 Å². The lowest BCUT2D eigenvalue weighted by Gasteiger charge is -2.47. The number of hydrogen-bond donors (Lipinski definition) is 2. The second-order valence-corrected chi connectivity index (χ2v) is 13.4. The molecular weight excluding hydrogens is 562 g/mol. The molecule has 3 saturated heterocycles. The number of rotatable bonds is 10. The zero-order chi connectivity index (χ0) is 30.9. The molecule has 1 aliphatic carbocycles. The van der Waals surface area contributed by atoms with Gasteiger partial charge in [0.1, 0.15) is 5.54 Å². The third-order valence-electron chi connectivity index (χ3n) is 10.6. The van der Waals surface area contributed by atoms with E-state index in [0.29, 0.717) is 32.4 Å². The highest BCUT2D eigenvalue weighted by atomic mass is 19.3. The molecule has 0 aromatic heterocycles. The van der Waals surface area contributed by atoms with E-state index < -0.39 is 17.8 Å². The van der Waals surface area contributed by atoms with Gasteiger partial charge in [0.25, 0.3) is 0 Å². The van der Waals surface area contributed by atoms with Crippen molar-refractivity contribution in [2.24, 2.45) is 5.92 Å². The molecule has 44 heavy (non-hydrogen) atoms. The van der Waals surface area contributed by atoms with Crippen LogP contribution in [0.1, 0.15) is 88.3 Å². The van der Waals surface area contributed by atoms with E-state index in [1.165, 1.54) is 0 Å². The van der Waals surface area contributed by atoms with Gasteiger partial charge in [0.15, 0.2) is 6.35 Å². The van der Waals surface area contributed by atoms with Crippen molar-refractivity contribution in [3.05, 3.63) is 71.8 Å². The van der Waals surface area contributed by atoms with Crippen molar-refractivity contribution in [1.29, 1.82) is 0 Å². The topological polar surface area (TPSA) is 76.1 Å². The SMILES string of the molecule is CCCN1C(O)N(Cc2ccccc2)C(=O)C12CC1CCC(C2)N1CC[C@H](NC(=O)C1CCC(F)(F)CC1)c1ccccc1. The van der Waals surface area contributed by atoms with E-state index in [1.807, 2.05) is 60.7 Å². The summed E-state index contributed by atoms with van der Waals surface area (Å²) in [6.07, 6.45) is 3.96. The molecule has 1 spiro atoms. The maximum Gasteiger partial charge on any atom is 0.248 e. The van der Waals surface area contributed by atoms with Crippen LogP contribution in [0.25, 0.3) is 0 Å². The fraction of sp³-hybridized carbons (Fsp3) is 0.600.